The molecule has 1 aromatic carbocycles. The number of carbonyl (C=O) groups excluding carboxylic acids is 1. The highest BCUT2D eigenvalue weighted by molar-refractivity contribution is 5.96. The third-order valence-corrected chi connectivity index (χ3v) is 3.56. The minimum Gasteiger partial charge on any atom is -0.507 e. The summed E-state index contributed by atoms with van der Waals surface area (Å²) in [5, 5.41) is 9.70. The standard InChI is InChI=1S/C15H20O3/c1-11(16)14-8-7-13(9-15(14)17)18-10-12-5-3-2-4-6-12/h7-9,12,17H,2-6,10H2,1H3. The van der Waals surface area contributed by atoms with E-state index >= 15 is 0 Å². The fourth-order valence-corrected chi connectivity index (χ4v) is 2.47. The van der Waals surface area contributed by atoms with Crippen LogP contribution in [0.15, 0.2) is 18.2 Å². The van der Waals surface area contributed by atoms with Gasteiger partial charge in [-0.3, -0.25) is 4.79 Å². The summed E-state index contributed by atoms with van der Waals surface area (Å²) in [6.07, 6.45) is 6.39. The fourth-order valence-electron chi connectivity index (χ4n) is 2.47. The van der Waals surface area contributed by atoms with E-state index in [1.807, 2.05) is 0 Å². The van der Waals surface area contributed by atoms with Gasteiger partial charge in [0.05, 0.1) is 12.2 Å². The van der Waals surface area contributed by atoms with Gasteiger partial charge in [-0.15, -0.1) is 0 Å². The number of phenols is 1. The lowest BCUT2D eigenvalue weighted by molar-refractivity contribution is 0.101. The maximum absolute atomic E-state index is 11.2. The Balaban J connectivity index is 1.93. The van der Waals surface area contributed by atoms with Crippen LogP contribution in [-0.2, 0) is 0 Å². The van der Waals surface area contributed by atoms with Crippen molar-refractivity contribution in [2.45, 2.75) is 39.0 Å². The first-order valence-electron chi connectivity index (χ1n) is 6.63. The lowest BCUT2D eigenvalue weighted by atomic mass is 9.90. The van der Waals surface area contributed by atoms with Gasteiger partial charge in [0.2, 0.25) is 0 Å². The Labute approximate surface area is 108 Å². The van der Waals surface area contributed by atoms with Crippen LogP contribution in [0.3, 0.4) is 0 Å². The quantitative estimate of drug-likeness (QED) is 0.829. The summed E-state index contributed by atoms with van der Waals surface area (Å²) in [6, 6.07) is 4.90. The number of ether oxygens (including phenoxy) is 1. The normalized spacial score (nSPS) is 16.5. The number of hydrogen-bond acceptors (Lipinski definition) is 3. The van der Waals surface area contributed by atoms with E-state index in [1.54, 1.807) is 12.1 Å². The Kier molecular flexibility index (Phi) is 4.24. The van der Waals surface area contributed by atoms with Gasteiger partial charge in [0.15, 0.2) is 5.78 Å². The van der Waals surface area contributed by atoms with E-state index in [4.69, 9.17) is 4.74 Å². The van der Waals surface area contributed by atoms with Crippen LogP contribution in [0.25, 0.3) is 0 Å². The van der Waals surface area contributed by atoms with Crippen LogP contribution in [0.4, 0.5) is 0 Å². The van der Waals surface area contributed by atoms with Crippen LogP contribution >= 0.6 is 0 Å². The first-order chi connectivity index (χ1) is 8.66. The molecule has 3 nitrogen and oxygen atoms in total. The van der Waals surface area contributed by atoms with Crippen molar-refractivity contribution in [3.05, 3.63) is 23.8 Å². The molecule has 1 N–H and O–H groups in total. The molecular formula is C15H20O3. The summed E-state index contributed by atoms with van der Waals surface area (Å²) in [5.74, 6) is 1.14. The molecule has 0 bridgehead atoms. The Bertz CT molecular complexity index is 420. The largest absolute Gasteiger partial charge is 0.507 e. The van der Waals surface area contributed by atoms with Crippen LogP contribution in [0, 0.1) is 5.92 Å². The second-order valence-electron chi connectivity index (χ2n) is 5.05. The van der Waals surface area contributed by atoms with Crippen LogP contribution in [0.1, 0.15) is 49.4 Å². The first kappa shape index (κ1) is 12.9. The molecule has 0 spiro atoms. The van der Waals surface area contributed by atoms with E-state index in [-0.39, 0.29) is 11.5 Å². The van der Waals surface area contributed by atoms with E-state index in [0.29, 0.717) is 23.8 Å². The highest BCUT2D eigenvalue weighted by Crippen LogP contribution is 2.27. The van der Waals surface area contributed by atoms with E-state index in [1.165, 1.54) is 45.1 Å². The van der Waals surface area contributed by atoms with Crippen molar-refractivity contribution in [3.8, 4) is 11.5 Å². The molecule has 0 aliphatic heterocycles. The van der Waals surface area contributed by atoms with Crippen molar-refractivity contribution in [1.29, 1.82) is 0 Å². The minimum atomic E-state index is -0.133. The van der Waals surface area contributed by atoms with Gasteiger partial charge >= 0.3 is 0 Å². The predicted molar refractivity (Wildman–Crippen MR) is 70.2 cm³/mol. The molecule has 2 rings (SSSR count). The smallest absolute Gasteiger partial charge is 0.163 e. The molecule has 1 aromatic rings. The number of benzene rings is 1. The summed E-state index contributed by atoms with van der Waals surface area (Å²) in [4.78, 5) is 11.2. The highest BCUT2D eigenvalue weighted by Gasteiger charge is 2.14. The van der Waals surface area contributed by atoms with Gasteiger partial charge in [0.25, 0.3) is 0 Å². The second-order valence-corrected chi connectivity index (χ2v) is 5.05. The number of carbonyl (C=O) groups is 1. The fraction of sp³-hybridized carbons (Fsp3) is 0.533. The number of phenolic OH excluding ortho intramolecular Hbond substituents is 1. The third kappa shape index (κ3) is 3.25. The maximum atomic E-state index is 11.2. The van der Waals surface area contributed by atoms with Crippen molar-refractivity contribution in [2.75, 3.05) is 6.61 Å². The molecule has 3 heteroatoms. The zero-order valence-electron chi connectivity index (χ0n) is 10.8. The number of ketones is 1. The van der Waals surface area contributed by atoms with E-state index < -0.39 is 0 Å². The Morgan fingerprint density at radius 1 is 1.33 bits per heavy atom. The Hall–Kier alpha value is -1.51. The summed E-state index contributed by atoms with van der Waals surface area (Å²) in [7, 11) is 0. The molecule has 0 saturated heterocycles. The lowest BCUT2D eigenvalue weighted by Gasteiger charge is -2.21. The molecule has 98 valence electrons. The van der Waals surface area contributed by atoms with Gasteiger partial charge in [0, 0.05) is 6.07 Å². The predicted octanol–water partition coefficient (Wildman–Crippen LogP) is 3.55. The average molecular weight is 248 g/mol. The van der Waals surface area contributed by atoms with Crippen molar-refractivity contribution >= 4 is 5.78 Å². The minimum absolute atomic E-state index is 0.00337. The number of aromatic hydroxyl groups is 1. The summed E-state index contributed by atoms with van der Waals surface area (Å²) >= 11 is 0. The molecule has 0 atom stereocenters. The zero-order chi connectivity index (χ0) is 13.0. The van der Waals surface area contributed by atoms with Gasteiger partial charge < -0.3 is 9.84 Å². The highest BCUT2D eigenvalue weighted by atomic mass is 16.5. The van der Waals surface area contributed by atoms with E-state index in [2.05, 4.69) is 0 Å². The topological polar surface area (TPSA) is 46.5 Å². The monoisotopic (exact) mass is 248 g/mol. The van der Waals surface area contributed by atoms with E-state index in [0.717, 1.165) is 0 Å². The molecule has 0 amide bonds. The molecule has 1 aliphatic rings. The third-order valence-electron chi connectivity index (χ3n) is 3.56. The van der Waals surface area contributed by atoms with Crippen LogP contribution in [-0.4, -0.2) is 17.5 Å². The Morgan fingerprint density at radius 3 is 2.67 bits per heavy atom. The van der Waals surface area contributed by atoms with Gasteiger partial charge in [-0.2, -0.15) is 0 Å². The second kappa shape index (κ2) is 5.89. The van der Waals surface area contributed by atoms with Crippen molar-refractivity contribution in [2.24, 2.45) is 5.92 Å². The number of rotatable bonds is 4. The SMILES string of the molecule is CC(=O)c1ccc(OCC2CCCCC2)cc1O. The first-order valence-corrected chi connectivity index (χ1v) is 6.63. The molecule has 1 saturated carbocycles. The summed E-state index contributed by atoms with van der Waals surface area (Å²) in [5.41, 5.74) is 0.347. The van der Waals surface area contributed by atoms with Crippen molar-refractivity contribution in [3.63, 3.8) is 0 Å². The van der Waals surface area contributed by atoms with Crippen LogP contribution in [0.5, 0.6) is 11.5 Å². The molecule has 1 aliphatic carbocycles. The molecular weight excluding hydrogens is 228 g/mol. The maximum Gasteiger partial charge on any atom is 0.163 e. The lowest BCUT2D eigenvalue weighted by Crippen LogP contribution is -2.15. The molecule has 1 fully saturated rings. The molecule has 0 heterocycles. The van der Waals surface area contributed by atoms with Crippen molar-refractivity contribution < 1.29 is 14.6 Å². The van der Waals surface area contributed by atoms with Crippen molar-refractivity contribution in [1.82, 2.24) is 0 Å². The number of Topliss-reactive ketones (excluding diaryl/α,β-unsaturated/α-hetero) is 1. The summed E-state index contributed by atoms with van der Waals surface area (Å²) in [6.45, 7) is 2.15. The Morgan fingerprint density at radius 2 is 2.06 bits per heavy atom. The molecule has 18 heavy (non-hydrogen) atoms. The van der Waals surface area contributed by atoms with E-state index in [9.17, 15) is 9.90 Å². The average Bonchev–Trinajstić information content (AvgIpc) is 2.37. The molecule has 0 radical (unpaired) electrons. The molecule has 0 aromatic heterocycles. The van der Waals surface area contributed by atoms with Gasteiger partial charge in [-0.05, 0) is 37.8 Å². The zero-order valence-corrected chi connectivity index (χ0v) is 10.8. The van der Waals surface area contributed by atoms with Gasteiger partial charge in [-0.25, -0.2) is 0 Å². The molecule has 0 unspecified atom stereocenters. The van der Waals surface area contributed by atoms with Crippen LogP contribution < -0.4 is 4.74 Å². The van der Waals surface area contributed by atoms with Gasteiger partial charge in [-0.1, -0.05) is 19.3 Å². The van der Waals surface area contributed by atoms with Crippen LogP contribution in [0.2, 0.25) is 0 Å². The number of hydrogen-bond donors (Lipinski definition) is 1. The van der Waals surface area contributed by atoms with Gasteiger partial charge in [0.1, 0.15) is 11.5 Å². The summed E-state index contributed by atoms with van der Waals surface area (Å²) < 4.78 is 5.69.